The first-order valence-electron chi connectivity index (χ1n) is 8.36. The number of benzene rings is 1. The van der Waals surface area contributed by atoms with Crippen LogP contribution in [0.15, 0.2) is 30.3 Å². The zero-order valence-corrected chi connectivity index (χ0v) is 15.0. The molecule has 0 spiro atoms. The minimum atomic E-state index is -2.76. The van der Waals surface area contributed by atoms with Crippen molar-refractivity contribution in [3.8, 4) is 0 Å². The van der Waals surface area contributed by atoms with Gasteiger partial charge in [-0.15, -0.1) is 0 Å². The summed E-state index contributed by atoms with van der Waals surface area (Å²) in [5, 5.41) is 11.9. The minimum Gasteiger partial charge on any atom is -0.465 e. The van der Waals surface area contributed by atoms with E-state index in [1.54, 1.807) is 45.0 Å². The van der Waals surface area contributed by atoms with Crippen LogP contribution in [0.5, 0.6) is 0 Å². The number of ether oxygens (including phenoxy) is 1. The number of carbonyl (C=O) groups excluding carboxylic acids is 1. The molecule has 0 bridgehead atoms. The van der Waals surface area contributed by atoms with Gasteiger partial charge in [-0.05, 0) is 11.0 Å². The number of halogens is 2. The Hall–Kier alpha value is -2.38. The van der Waals surface area contributed by atoms with E-state index in [2.05, 4.69) is 5.32 Å². The third-order valence-electron chi connectivity index (χ3n) is 4.50. The lowest BCUT2D eigenvalue weighted by atomic mass is 9.80. The molecule has 8 heteroatoms. The summed E-state index contributed by atoms with van der Waals surface area (Å²) >= 11 is 0. The Morgan fingerprint density at radius 2 is 1.92 bits per heavy atom. The maximum absolute atomic E-state index is 13.5. The van der Waals surface area contributed by atoms with E-state index in [0.29, 0.717) is 0 Å². The number of amides is 2. The Kier molecular flexibility index (Phi) is 6.05. The van der Waals surface area contributed by atoms with Crippen molar-refractivity contribution in [2.45, 2.75) is 45.9 Å². The topological polar surface area (TPSA) is 78.9 Å². The average Bonchev–Trinajstić information content (AvgIpc) is 2.94. The fourth-order valence-electron chi connectivity index (χ4n) is 3.41. The number of carbonyl (C=O) groups is 2. The highest BCUT2D eigenvalue weighted by Crippen LogP contribution is 2.38. The van der Waals surface area contributed by atoms with E-state index in [4.69, 9.17) is 4.74 Å². The van der Waals surface area contributed by atoms with E-state index >= 15 is 0 Å². The molecule has 2 amide bonds. The van der Waals surface area contributed by atoms with Gasteiger partial charge in [0.2, 0.25) is 6.43 Å². The van der Waals surface area contributed by atoms with E-state index in [1.165, 1.54) is 0 Å². The van der Waals surface area contributed by atoms with Crippen LogP contribution in [0.2, 0.25) is 0 Å². The Balaban J connectivity index is 2.13. The molecule has 26 heavy (non-hydrogen) atoms. The molecule has 0 aromatic heterocycles. The third-order valence-corrected chi connectivity index (χ3v) is 4.50. The molecule has 144 valence electrons. The van der Waals surface area contributed by atoms with Crippen molar-refractivity contribution in [2.75, 3.05) is 6.54 Å². The number of carboxylic acid groups (broad SMARTS) is 1. The highest BCUT2D eigenvalue weighted by atomic mass is 19.3. The van der Waals surface area contributed by atoms with Gasteiger partial charge in [-0.2, -0.15) is 0 Å². The summed E-state index contributed by atoms with van der Waals surface area (Å²) in [7, 11) is 0. The lowest BCUT2D eigenvalue weighted by molar-refractivity contribution is 0.0612. The molecular weight excluding hydrogens is 346 g/mol. The highest BCUT2D eigenvalue weighted by molar-refractivity contribution is 5.69. The quantitative estimate of drug-likeness (QED) is 0.849. The van der Waals surface area contributed by atoms with E-state index in [9.17, 15) is 23.5 Å². The van der Waals surface area contributed by atoms with Crippen molar-refractivity contribution in [3.05, 3.63) is 35.9 Å². The van der Waals surface area contributed by atoms with Crippen molar-refractivity contribution in [1.82, 2.24) is 10.2 Å². The zero-order chi connectivity index (χ0) is 19.5. The molecule has 1 unspecified atom stereocenters. The van der Waals surface area contributed by atoms with E-state index in [1.807, 2.05) is 6.07 Å². The van der Waals surface area contributed by atoms with Gasteiger partial charge in [-0.1, -0.05) is 51.1 Å². The van der Waals surface area contributed by atoms with Crippen LogP contribution in [-0.2, 0) is 11.3 Å². The number of alkyl carbamates (subject to hydrolysis) is 1. The van der Waals surface area contributed by atoms with Crippen molar-refractivity contribution >= 4 is 12.2 Å². The molecule has 0 aliphatic carbocycles. The molecule has 0 saturated carbocycles. The van der Waals surface area contributed by atoms with Gasteiger partial charge in [0.1, 0.15) is 6.61 Å². The van der Waals surface area contributed by atoms with Crippen molar-refractivity contribution < 1.29 is 28.2 Å². The number of nitrogens with zero attached hydrogens (tertiary/aromatic N) is 1. The second kappa shape index (κ2) is 7.88. The van der Waals surface area contributed by atoms with Crippen molar-refractivity contribution in [1.29, 1.82) is 0 Å². The molecule has 3 atom stereocenters. The van der Waals surface area contributed by atoms with Crippen LogP contribution in [0.3, 0.4) is 0 Å². The van der Waals surface area contributed by atoms with Crippen LogP contribution in [-0.4, -0.2) is 47.2 Å². The standard InChI is InChI=1S/C18H24F2N2O4/c1-18(2,3)14-13(12(15(19)20)9-22(14)17(24)25)21-16(23)26-10-11-7-5-4-6-8-11/h4-8,12-15H,9-10H2,1-3H3,(H,21,23)(H,24,25)/t12-,13+,14?/m0/s1. The van der Waals surface area contributed by atoms with Crippen molar-refractivity contribution in [2.24, 2.45) is 11.3 Å². The van der Waals surface area contributed by atoms with Crippen LogP contribution in [0.4, 0.5) is 18.4 Å². The van der Waals surface area contributed by atoms with Gasteiger partial charge in [-0.3, -0.25) is 0 Å². The molecule has 2 rings (SSSR count). The Bertz CT molecular complexity index is 634. The molecule has 1 aromatic rings. The molecular formula is C18H24F2N2O4. The van der Waals surface area contributed by atoms with Crippen LogP contribution in [0.25, 0.3) is 0 Å². The number of nitrogens with one attached hydrogen (secondary N) is 1. The summed E-state index contributed by atoms with van der Waals surface area (Å²) in [5.41, 5.74) is 0.123. The number of rotatable bonds is 4. The predicted molar refractivity (Wildman–Crippen MR) is 91.0 cm³/mol. The molecule has 1 heterocycles. The van der Waals surface area contributed by atoms with Gasteiger partial charge in [0.15, 0.2) is 0 Å². The molecule has 1 aliphatic heterocycles. The summed E-state index contributed by atoms with van der Waals surface area (Å²) in [6.45, 7) is 4.93. The zero-order valence-electron chi connectivity index (χ0n) is 15.0. The first-order valence-corrected chi connectivity index (χ1v) is 8.36. The summed E-state index contributed by atoms with van der Waals surface area (Å²) in [6.07, 6.45) is -4.88. The largest absolute Gasteiger partial charge is 0.465 e. The minimum absolute atomic E-state index is 0.00156. The maximum Gasteiger partial charge on any atom is 0.407 e. The van der Waals surface area contributed by atoms with Gasteiger partial charge in [0.25, 0.3) is 0 Å². The van der Waals surface area contributed by atoms with Crippen LogP contribution < -0.4 is 5.32 Å². The molecule has 1 fully saturated rings. The normalized spacial score (nSPS) is 23.2. The smallest absolute Gasteiger partial charge is 0.407 e. The Morgan fingerprint density at radius 1 is 1.31 bits per heavy atom. The maximum atomic E-state index is 13.5. The third kappa shape index (κ3) is 4.62. The molecule has 1 aromatic carbocycles. The van der Waals surface area contributed by atoms with Gasteiger partial charge < -0.3 is 20.1 Å². The van der Waals surface area contributed by atoms with Gasteiger partial charge >= 0.3 is 12.2 Å². The van der Waals surface area contributed by atoms with Gasteiger partial charge in [0, 0.05) is 6.54 Å². The van der Waals surface area contributed by atoms with E-state index in [-0.39, 0.29) is 13.2 Å². The van der Waals surface area contributed by atoms with Crippen LogP contribution >= 0.6 is 0 Å². The second-order valence-electron chi connectivity index (χ2n) is 7.48. The average molecular weight is 370 g/mol. The number of hydrogen-bond donors (Lipinski definition) is 2. The van der Waals surface area contributed by atoms with E-state index < -0.39 is 42.0 Å². The van der Waals surface area contributed by atoms with Gasteiger partial charge in [0.05, 0.1) is 18.0 Å². The predicted octanol–water partition coefficient (Wildman–Crippen LogP) is 3.57. The molecule has 2 N–H and O–H groups in total. The molecule has 6 nitrogen and oxygen atoms in total. The lowest BCUT2D eigenvalue weighted by Gasteiger charge is -2.37. The highest BCUT2D eigenvalue weighted by Gasteiger charge is 2.52. The molecule has 1 saturated heterocycles. The molecule has 1 aliphatic rings. The number of hydrogen-bond acceptors (Lipinski definition) is 3. The summed E-state index contributed by atoms with van der Waals surface area (Å²) in [5.74, 6) is -1.29. The summed E-state index contributed by atoms with van der Waals surface area (Å²) in [6, 6.07) is 7.13. The first kappa shape index (κ1) is 19.9. The van der Waals surface area contributed by atoms with Crippen LogP contribution in [0, 0.1) is 11.3 Å². The first-order chi connectivity index (χ1) is 12.1. The summed E-state index contributed by atoms with van der Waals surface area (Å²) in [4.78, 5) is 24.6. The second-order valence-corrected chi connectivity index (χ2v) is 7.48. The lowest BCUT2D eigenvalue weighted by Crippen LogP contribution is -2.54. The molecule has 0 radical (unpaired) electrons. The Labute approximate surface area is 151 Å². The monoisotopic (exact) mass is 370 g/mol. The Morgan fingerprint density at radius 3 is 2.42 bits per heavy atom. The fraction of sp³-hybridized carbons (Fsp3) is 0.556. The van der Waals surface area contributed by atoms with Gasteiger partial charge in [-0.25, -0.2) is 18.4 Å². The van der Waals surface area contributed by atoms with E-state index in [0.717, 1.165) is 10.5 Å². The number of alkyl halides is 2. The summed E-state index contributed by atoms with van der Waals surface area (Å²) < 4.78 is 32.1. The SMILES string of the molecule is CC(C)(C)C1[C@H](NC(=O)OCc2ccccc2)[C@@H](C(F)F)CN1C(=O)O. The van der Waals surface area contributed by atoms with Crippen molar-refractivity contribution in [3.63, 3.8) is 0 Å². The number of likely N-dealkylation sites (tertiary alicyclic amines) is 1. The fourth-order valence-corrected chi connectivity index (χ4v) is 3.41. The van der Waals surface area contributed by atoms with Crippen LogP contribution in [0.1, 0.15) is 26.3 Å².